The number of nitrogens with zero attached hydrogens (tertiary/aromatic N) is 2. The Labute approximate surface area is 330 Å². The van der Waals surface area contributed by atoms with Gasteiger partial charge in [-0.05, 0) is 108 Å². The summed E-state index contributed by atoms with van der Waals surface area (Å²) in [6.07, 6.45) is 0. The smallest absolute Gasteiger partial charge is 0.146 e. The van der Waals surface area contributed by atoms with Crippen molar-refractivity contribution in [1.29, 1.82) is 0 Å². The highest BCUT2D eigenvalue weighted by Gasteiger charge is 2.21. The summed E-state index contributed by atoms with van der Waals surface area (Å²) >= 11 is 0. The van der Waals surface area contributed by atoms with E-state index in [1.54, 1.807) is 0 Å². The number of para-hydroxylation sites is 2. The minimum atomic E-state index is 0.237. The summed E-state index contributed by atoms with van der Waals surface area (Å²) in [6, 6.07) is 68.6. The van der Waals surface area contributed by atoms with Crippen LogP contribution in [0.5, 0.6) is 5.75 Å². The number of aryl methyl sites for hydroxylation is 1. The molecule has 0 atom stereocenters. The maximum Gasteiger partial charge on any atom is 0.146 e. The zero-order valence-electron chi connectivity index (χ0n) is 31.3. The molecule has 0 bridgehead atoms. The molecule has 11 rings (SSSR count). The lowest BCUT2D eigenvalue weighted by Gasteiger charge is -2.18. The lowest BCUT2D eigenvalue weighted by Crippen LogP contribution is -1.99. The van der Waals surface area contributed by atoms with Gasteiger partial charge in [-0.1, -0.05) is 170 Å². The fourth-order valence-electron chi connectivity index (χ4n) is 9.00. The van der Waals surface area contributed by atoms with Crippen molar-refractivity contribution in [2.24, 2.45) is 0 Å². The van der Waals surface area contributed by atoms with Crippen LogP contribution >= 0.6 is 0 Å². The predicted octanol–water partition coefficient (Wildman–Crippen LogP) is 14.3. The van der Waals surface area contributed by atoms with Gasteiger partial charge in [-0.3, -0.25) is 4.40 Å². The average molecular weight is 729 g/mol. The second kappa shape index (κ2) is 13.1. The van der Waals surface area contributed by atoms with E-state index in [4.69, 9.17) is 4.98 Å². The van der Waals surface area contributed by atoms with Gasteiger partial charge in [-0.2, -0.15) is 0 Å². The van der Waals surface area contributed by atoms with E-state index in [-0.39, 0.29) is 5.75 Å². The Balaban J connectivity index is 1.04. The molecule has 0 aliphatic heterocycles. The van der Waals surface area contributed by atoms with Crippen LogP contribution in [0.15, 0.2) is 194 Å². The molecule has 11 aromatic rings. The lowest BCUT2D eigenvalue weighted by atomic mass is 9.85. The highest BCUT2D eigenvalue weighted by molar-refractivity contribution is 6.21. The van der Waals surface area contributed by atoms with Gasteiger partial charge in [0, 0.05) is 10.9 Å². The second-order valence-electron chi connectivity index (χ2n) is 14.9. The highest BCUT2D eigenvalue weighted by atomic mass is 16.3. The Kier molecular flexibility index (Phi) is 7.55. The Bertz CT molecular complexity index is 3290. The summed E-state index contributed by atoms with van der Waals surface area (Å²) in [6.45, 7) is 2.15. The van der Waals surface area contributed by atoms with Crippen molar-refractivity contribution < 1.29 is 5.11 Å². The number of imidazole rings is 1. The third-order valence-corrected chi connectivity index (χ3v) is 11.7. The van der Waals surface area contributed by atoms with E-state index < -0.39 is 0 Å². The molecule has 1 N–H and O–H groups in total. The molecule has 2 aromatic heterocycles. The number of benzene rings is 9. The number of phenols is 1. The monoisotopic (exact) mass is 728 g/mol. The van der Waals surface area contributed by atoms with Gasteiger partial charge < -0.3 is 5.11 Å². The van der Waals surface area contributed by atoms with Crippen molar-refractivity contribution in [3.8, 4) is 61.5 Å². The molecule has 0 unspecified atom stereocenters. The van der Waals surface area contributed by atoms with E-state index >= 15 is 0 Å². The standard InChI is InChI=1S/C54H36N2O/c1-34-41-15-5-10-20-46(41)54-55-48-21-11-12-22-49(48)56(54)53(34)47-33-40(31-32-50(47)57)37-25-29-39(30-26-37)52-44-18-8-6-16-42(44)51(43-17-7-9-19-45(43)52)38-27-23-36(24-28-38)35-13-3-2-4-14-35/h2-33,57H,1H3. The molecule has 57 heavy (non-hydrogen) atoms. The fourth-order valence-corrected chi connectivity index (χ4v) is 9.00. The van der Waals surface area contributed by atoms with E-state index in [9.17, 15) is 5.11 Å². The molecule has 3 nitrogen and oxygen atoms in total. The summed E-state index contributed by atoms with van der Waals surface area (Å²) in [5.74, 6) is 0.237. The number of hydrogen-bond donors (Lipinski definition) is 1. The summed E-state index contributed by atoms with van der Waals surface area (Å²) in [7, 11) is 0. The van der Waals surface area contributed by atoms with Gasteiger partial charge in [0.2, 0.25) is 0 Å². The van der Waals surface area contributed by atoms with Gasteiger partial charge in [-0.15, -0.1) is 0 Å². The van der Waals surface area contributed by atoms with Crippen molar-refractivity contribution in [2.75, 3.05) is 0 Å². The van der Waals surface area contributed by atoms with Gasteiger partial charge in [0.05, 0.1) is 16.7 Å². The maximum absolute atomic E-state index is 11.5. The first-order chi connectivity index (χ1) is 28.1. The molecule has 0 amide bonds. The minimum Gasteiger partial charge on any atom is -0.507 e. The molecule has 0 saturated heterocycles. The predicted molar refractivity (Wildman–Crippen MR) is 239 cm³/mol. The quantitative estimate of drug-likeness (QED) is 0.179. The number of rotatable bonds is 5. The molecule has 0 saturated carbocycles. The maximum atomic E-state index is 11.5. The number of hydrogen-bond acceptors (Lipinski definition) is 2. The van der Waals surface area contributed by atoms with Gasteiger partial charge in [0.15, 0.2) is 0 Å². The fraction of sp³-hybridized carbons (Fsp3) is 0.0185. The van der Waals surface area contributed by atoms with Crippen LogP contribution < -0.4 is 0 Å². The van der Waals surface area contributed by atoms with Gasteiger partial charge in [0.1, 0.15) is 11.4 Å². The number of aromatic nitrogens is 2. The van der Waals surface area contributed by atoms with Crippen LogP contribution in [0.1, 0.15) is 5.56 Å². The molecule has 268 valence electrons. The Morgan fingerprint density at radius 1 is 0.404 bits per heavy atom. The SMILES string of the molecule is Cc1c(-c2cc(-c3ccc(-c4c5ccccc5c(-c5ccc(-c6ccccc6)cc5)c5ccccc45)cc3)ccc2O)n2c3ccccc3nc2c2ccccc12. The zero-order chi connectivity index (χ0) is 38.0. The summed E-state index contributed by atoms with van der Waals surface area (Å²) in [5.41, 5.74) is 15.0. The van der Waals surface area contributed by atoms with E-state index in [0.717, 1.165) is 61.0 Å². The van der Waals surface area contributed by atoms with Crippen molar-refractivity contribution in [1.82, 2.24) is 9.38 Å². The third kappa shape index (κ3) is 5.24. The largest absolute Gasteiger partial charge is 0.507 e. The van der Waals surface area contributed by atoms with E-state index in [0.29, 0.717) is 0 Å². The van der Waals surface area contributed by atoms with Crippen LogP contribution in [0.3, 0.4) is 0 Å². The third-order valence-electron chi connectivity index (χ3n) is 11.7. The zero-order valence-corrected chi connectivity index (χ0v) is 31.3. The van der Waals surface area contributed by atoms with Gasteiger partial charge >= 0.3 is 0 Å². The number of pyridine rings is 1. The minimum absolute atomic E-state index is 0.237. The van der Waals surface area contributed by atoms with E-state index in [1.807, 2.05) is 24.3 Å². The Morgan fingerprint density at radius 2 is 0.842 bits per heavy atom. The first kappa shape index (κ1) is 32.9. The summed E-state index contributed by atoms with van der Waals surface area (Å²) in [5, 5.41) is 18.7. The van der Waals surface area contributed by atoms with Crippen LogP contribution in [0, 0.1) is 6.92 Å². The van der Waals surface area contributed by atoms with Crippen molar-refractivity contribution in [3.05, 3.63) is 200 Å². The van der Waals surface area contributed by atoms with Crippen molar-refractivity contribution in [2.45, 2.75) is 6.92 Å². The van der Waals surface area contributed by atoms with Gasteiger partial charge in [0.25, 0.3) is 0 Å². The van der Waals surface area contributed by atoms with Gasteiger partial charge in [-0.25, -0.2) is 4.98 Å². The molecule has 3 heteroatoms. The molecule has 0 fully saturated rings. The number of aromatic hydroxyl groups is 1. The molecule has 0 spiro atoms. The van der Waals surface area contributed by atoms with E-state index in [1.165, 1.54) is 49.4 Å². The number of phenolic OH excluding ortho intramolecular Hbond substituents is 1. The Hall–Kier alpha value is -7.49. The lowest BCUT2D eigenvalue weighted by molar-refractivity contribution is 0.477. The molecule has 9 aromatic carbocycles. The molecular weight excluding hydrogens is 693 g/mol. The summed E-state index contributed by atoms with van der Waals surface area (Å²) < 4.78 is 2.21. The highest BCUT2D eigenvalue weighted by Crippen LogP contribution is 2.45. The molecule has 2 heterocycles. The van der Waals surface area contributed by atoms with Crippen LogP contribution in [-0.4, -0.2) is 14.5 Å². The Morgan fingerprint density at radius 3 is 1.44 bits per heavy atom. The first-order valence-electron chi connectivity index (χ1n) is 19.4. The topological polar surface area (TPSA) is 37.5 Å². The molecule has 0 aliphatic carbocycles. The molecule has 0 aliphatic rings. The summed E-state index contributed by atoms with van der Waals surface area (Å²) in [4.78, 5) is 5.08. The van der Waals surface area contributed by atoms with Crippen LogP contribution in [0.25, 0.3) is 105 Å². The van der Waals surface area contributed by atoms with Crippen LogP contribution in [0.2, 0.25) is 0 Å². The average Bonchev–Trinajstić information content (AvgIpc) is 3.66. The number of fused-ring (bicyclic) bond motifs is 7. The molecule has 0 radical (unpaired) electrons. The van der Waals surface area contributed by atoms with Crippen molar-refractivity contribution >= 4 is 49.0 Å². The first-order valence-corrected chi connectivity index (χ1v) is 19.4. The van der Waals surface area contributed by atoms with E-state index in [2.05, 4.69) is 181 Å². The second-order valence-corrected chi connectivity index (χ2v) is 14.9. The van der Waals surface area contributed by atoms with Crippen LogP contribution in [-0.2, 0) is 0 Å². The molecular formula is C54H36N2O. The normalized spacial score (nSPS) is 11.7. The van der Waals surface area contributed by atoms with Crippen LogP contribution in [0.4, 0.5) is 0 Å². The van der Waals surface area contributed by atoms with Crippen molar-refractivity contribution in [3.63, 3.8) is 0 Å².